The molecule has 1 N–H and O–H groups in total. The summed E-state index contributed by atoms with van der Waals surface area (Å²) in [6.45, 7) is 4.92. The summed E-state index contributed by atoms with van der Waals surface area (Å²) >= 11 is 0. The van der Waals surface area contributed by atoms with E-state index in [1.54, 1.807) is 29.2 Å². The number of nitrogens with zero attached hydrogens (tertiary/aromatic N) is 2. The highest BCUT2D eigenvalue weighted by Crippen LogP contribution is 2.30. The van der Waals surface area contributed by atoms with Crippen LogP contribution in [0.5, 0.6) is 0 Å². The van der Waals surface area contributed by atoms with Crippen molar-refractivity contribution in [3.05, 3.63) is 58.1 Å². The van der Waals surface area contributed by atoms with Gasteiger partial charge in [0.1, 0.15) is 5.69 Å². The van der Waals surface area contributed by atoms with Crippen molar-refractivity contribution in [1.82, 2.24) is 4.90 Å². The van der Waals surface area contributed by atoms with Gasteiger partial charge in [-0.2, -0.15) is 0 Å². The lowest BCUT2D eigenvalue weighted by atomic mass is 10.1. The minimum atomic E-state index is -3.56. The summed E-state index contributed by atoms with van der Waals surface area (Å²) in [5.41, 5.74) is 0.723. The molecule has 0 saturated carbocycles. The van der Waals surface area contributed by atoms with Crippen LogP contribution in [0.15, 0.2) is 47.4 Å². The third-order valence-corrected chi connectivity index (χ3v) is 5.14. The molecule has 0 spiro atoms. The smallest absolute Gasteiger partial charge is 0.293 e. The second-order valence-corrected chi connectivity index (χ2v) is 7.91. The van der Waals surface area contributed by atoms with Gasteiger partial charge in [0.05, 0.1) is 9.82 Å². The molecule has 0 bridgehead atoms. The normalized spacial score (nSPS) is 11.1. The van der Waals surface area contributed by atoms with Crippen molar-refractivity contribution in [2.75, 3.05) is 24.7 Å². The Morgan fingerprint density at radius 2 is 1.81 bits per heavy atom. The van der Waals surface area contributed by atoms with Gasteiger partial charge >= 0.3 is 0 Å². The number of sulfone groups is 1. The van der Waals surface area contributed by atoms with Crippen LogP contribution in [0.1, 0.15) is 24.2 Å². The van der Waals surface area contributed by atoms with Gasteiger partial charge in [0, 0.05) is 36.7 Å². The van der Waals surface area contributed by atoms with Gasteiger partial charge in [-0.3, -0.25) is 14.9 Å². The van der Waals surface area contributed by atoms with Crippen molar-refractivity contribution >= 4 is 32.8 Å². The fraction of sp³-hybridized carbons (Fsp3) is 0.278. The minimum absolute atomic E-state index is 0.134. The highest BCUT2D eigenvalue weighted by molar-refractivity contribution is 7.90. The SMILES string of the molecule is CCN(CC)C(=O)c1cccc(Nc2ccc(S(C)(=O)=O)cc2[N+](=O)[O-])c1. The summed E-state index contributed by atoms with van der Waals surface area (Å²) in [4.78, 5) is 24.7. The van der Waals surface area contributed by atoms with E-state index in [4.69, 9.17) is 0 Å². The van der Waals surface area contributed by atoms with Crippen molar-refractivity contribution < 1.29 is 18.1 Å². The Morgan fingerprint density at radius 3 is 2.37 bits per heavy atom. The number of nitro groups is 1. The molecule has 9 heteroatoms. The Bertz CT molecular complexity index is 969. The van der Waals surface area contributed by atoms with E-state index in [1.807, 2.05) is 13.8 Å². The predicted molar refractivity (Wildman–Crippen MR) is 103 cm³/mol. The Labute approximate surface area is 157 Å². The van der Waals surface area contributed by atoms with Gasteiger partial charge in [0.25, 0.3) is 11.6 Å². The van der Waals surface area contributed by atoms with Crippen LogP contribution < -0.4 is 5.32 Å². The maximum Gasteiger partial charge on any atom is 0.293 e. The lowest BCUT2D eigenvalue weighted by Crippen LogP contribution is -2.30. The zero-order valence-corrected chi connectivity index (χ0v) is 16.1. The van der Waals surface area contributed by atoms with Crippen LogP contribution in [-0.2, 0) is 9.84 Å². The molecule has 0 aliphatic heterocycles. The monoisotopic (exact) mass is 391 g/mol. The summed E-state index contributed by atoms with van der Waals surface area (Å²) in [6.07, 6.45) is 0.988. The first-order valence-corrected chi connectivity index (χ1v) is 10.2. The number of nitro benzene ring substituents is 1. The molecule has 2 rings (SSSR count). The number of hydrogen-bond acceptors (Lipinski definition) is 6. The average Bonchev–Trinajstić information content (AvgIpc) is 2.62. The summed E-state index contributed by atoms with van der Waals surface area (Å²) in [7, 11) is -3.56. The second kappa shape index (κ2) is 8.17. The van der Waals surface area contributed by atoms with Crippen LogP contribution >= 0.6 is 0 Å². The maximum absolute atomic E-state index is 12.5. The first-order chi connectivity index (χ1) is 12.7. The zero-order chi connectivity index (χ0) is 20.2. The van der Waals surface area contributed by atoms with E-state index in [1.165, 1.54) is 12.1 Å². The number of nitrogens with one attached hydrogen (secondary N) is 1. The Balaban J connectivity index is 2.39. The molecule has 0 fully saturated rings. The Morgan fingerprint density at radius 1 is 1.15 bits per heavy atom. The van der Waals surface area contributed by atoms with E-state index in [-0.39, 0.29) is 22.2 Å². The molecule has 2 aromatic carbocycles. The maximum atomic E-state index is 12.5. The van der Waals surface area contributed by atoms with Gasteiger partial charge in [-0.25, -0.2) is 8.42 Å². The fourth-order valence-electron chi connectivity index (χ4n) is 2.58. The largest absolute Gasteiger partial charge is 0.350 e. The topological polar surface area (TPSA) is 110 Å². The minimum Gasteiger partial charge on any atom is -0.350 e. The lowest BCUT2D eigenvalue weighted by Gasteiger charge is -2.19. The van der Waals surface area contributed by atoms with Crippen LogP contribution in [0.2, 0.25) is 0 Å². The number of amides is 1. The van der Waals surface area contributed by atoms with Crippen LogP contribution in [0.4, 0.5) is 17.1 Å². The molecule has 8 nitrogen and oxygen atoms in total. The summed E-state index contributed by atoms with van der Waals surface area (Å²) in [6, 6.07) is 10.3. The first kappa shape index (κ1) is 20.4. The molecule has 0 heterocycles. The third kappa shape index (κ3) is 4.82. The van der Waals surface area contributed by atoms with Crippen molar-refractivity contribution in [2.45, 2.75) is 18.7 Å². The molecular weight excluding hydrogens is 370 g/mol. The molecule has 0 saturated heterocycles. The van der Waals surface area contributed by atoms with Crippen molar-refractivity contribution in [3.8, 4) is 0 Å². The summed E-state index contributed by atoms with van der Waals surface area (Å²) < 4.78 is 23.3. The Hall–Kier alpha value is -2.94. The number of benzene rings is 2. The number of rotatable bonds is 7. The molecule has 27 heavy (non-hydrogen) atoms. The van der Waals surface area contributed by atoms with Crippen molar-refractivity contribution in [2.24, 2.45) is 0 Å². The van der Waals surface area contributed by atoms with Crippen LogP contribution in [0, 0.1) is 10.1 Å². The van der Waals surface area contributed by atoms with Crippen LogP contribution in [0.3, 0.4) is 0 Å². The number of hydrogen-bond donors (Lipinski definition) is 1. The quantitative estimate of drug-likeness (QED) is 0.573. The molecule has 0 aliphatic rings. The Kier molecular flexibility index (Phi) is 6.17. The lowest BCUT2D eigenvalue weighted by molar-refractivity contribution is -0.384. The number of carbonyl (C=O) groups excluding carboxylic acids is 1. The molecule has 0 radical (unpaired) electrons. The van der Waals surface area contributed by atoms with Gasteiger partial charge in [0.2, 0.25) is 0 Å². The van der Waals surface area contributed by atoms with Gasteiger partial charge in [-0.1, -0.05) is 6.07 Å². The van der Waals surface area contributed by atoms with E-state index in [2.05, 4.69) is 5.32 Å². The van der Waals surface area contributed by atoms with Crippen molar-refractivity contribution in [1.29, 1.82) is 0 Å². The molecule has 0 aliphatic carbocycles. The predicted octanol–water partition coefficient (Wildman–Crippen LogP) is 3.22. The van der Waals surface area contributed by atoms with E-state index in [0.717, 1.165) is 12.3 Å². The molecular formula is C18H21N3O5S. The van der Waals surface area contributed by atoms with Gasteiger partial charge in [-0.05, 0) is 44.2 Å². The van der Waals surface area contributed by atoms with E-state index in [9.17, 15) is 23.3 Å². The highest BCUT2D eigenvalue weighted by Gasteiger charge is 2.19. The van der Waals surface area contributed by atoms with E-state index >= 15 is 0 Å². The third-order valence-electron chi connectivity index (χ3n) is 4.03. The van der Waals surface area contributed by atoms with E-state index in [0.29, 0.717) is 24.3 Å². The summed E-state index contributed by atoms with van der Waals surface area (Å²) in [5, 5.41) is 14.2. The molecule has 0 atom stereocenters. The summed E-state index contributed by atoms with van der Waals surface area (Å²) in [5.74, 6) is -0.134. The van der Waals surface area contributed by atoms with Gasteiger partial charge in [-0.15, -0.1) is 0 Å². The molecule has 2 aromatic rings. The van der Waals surface area contributed by atoms with Crippen molar-refractivity contribution in [3.63, 3.8) is 0 Å². The molecule has 0 aromatic heterocycles. The molecule has 144 valence electrons. The average molecular weight is 391 g/mol. The van der Waals surface area contributed by atoms with Crippen LogP contribution in [0.25, 0.3) is 0 Å². The van der Waals surface area contributed by atoms with E-state index < -0.39 is 14.8 Å². The molecule has 0 unspecified atom stereocenters. The second-order valence-electron chi connectivity index (χ2n) is 5.89. The number of anilines is 2. The molecule has 1 amide bonds. The standard InChI is InChI=1S/C18H21N3O5S/c1-4-20(5-2)18(22)13-7-6-8-14(11-13)19-16-10-9-15(27(3,25)26)12-17(16)21(23)24/h6-12,19H,4-5H2,1-3H3. The van der Waals surface area contributed by atoms with Gasteiger partial charge < -0.3 is 10.2 Å². The first-order valence-electron chi connectivity index (χ1n) is 8.32. The number of carbonyl (C=O) groups is 1. The highest BCUT2D eigenvalue weighted by atomic mass is 32.2. The fourth-order valence-corrected chi connectivity index (χ4v) is 3.22. The van der Waals surface area contributed by atoms with Crippen LogP contribution in [-0.4, -0.2) is 43.5 Å². The van der Waals surface area contributed by atoms with Gasteiger partial charge in [0.15, 0.2) is 9.84 Å². The zero-order valence-electron chi connectivity index (χ0n) is 15.3.